The van der Waals surface area contributed by atoms with Crippen LogP contribution >= 0.6 is 23.8 Å². The molecule has 0 saturated heterocycles. The fourth-order valence-electron chi connectivity index (χ4n) is 1.55. The molecule has 0 bridgehead atoms. The number of rotatable bonds is 2. The maximum atomic E-state index is 13.4. The quantitative estimate of drug-likeness (QED) is 0.784. The van der Waals surface area contributed by atoms with Gasteiger partial charge in [-0.05, 0) is 55.0 Å². The molecule has 20 heavy (non-hydrogen) atoms. The molecule has 2 rings (SSSR count). The van der Waals surface area contributed by atoms with Crippen LogP contribution in [0.3, 0.4) is 0 Å². The van der Waals surface area contributed by atoms with Gasteiger partial charge in [-0.3, -0.25) is 0 Å². The highest BCUT2D eigenvalue weighted by Gasteiger charge is 2.06. The lowest BCUT2D eigenvalue weighted by atomic mass is 10.2. The fraction of sp³-hybridized carbons (Fsp3) is 0.0714. The van der Waals surface area contributed by atoms with Gasteiger partial charge in [0.25, 0.3) is 0 Å². The van der Waals surface area contributed by atoms with Crippen molar-refractivity contribution in [1.82, 2.24) is 0 Å². The van der Waals surface area contributed by atoms with Crippen molar-refractivity contribution in [2.75, 3.05) is 10.6 Å². The average molecular weight is 313 g/mol. The van der Waals surface area contributed by atoms with Crippen LogP contribution in [0.1, 0.15) is 5.56 Å². The molecule has 2 aromatic rings. The van der Waals surface area contributed by atoms with Crippen LogP contribution in [-0.4, -0.2) is 5.11 Å². The van der Waals surface area contributed by atoms with E-state index in [-0.39, 0.29) is 10.9 Å². The Morgan fingerprint density at radius 3 is 2.55 bits per heavy atom. The zero-order chi connectivity index (χ0) is 14.7. The van der Waals surface area contributed by atoms with Crippen molar-refractivity contribution in [2.24, 2.45) is 0 Å². The summed E-state index contributed by atoms with van der Waals surface area (Å²) in [6.07, 6.45) is 0. The zero-order valence-corrected chi connectivity index (χ0v) is 12.1. The molecule has 2 nitrogen and oxygen atoms in total. The number of hydrogen-bond acceptors (Lipinski definition) is 1. The van der Waals surface area contributed by atoms with Gasteiger partial charge in [0, 0.05) is 5.69 Å². The Kier molecular flexibility index (Phi) is 4.52. The first-order valence-electron chi connectivity index (χ1n) is 5.75. The Balaban J connectivity index is 2.09. The minimum absolute atomic E-state index is 0.195. The van der Waals surface area contributed by atoms with Crippen molar-refractivity contribution in [3.8, 4) is 0 Å². The third-order valence-electron chi connectivity index (χ3n) is 2.61. The number of halogens is 3. The van der Waals surface area contributed by atoms with Gasteiger partial charge < -0.3 is 10.6 Å². The van der Waals surface area contributed by atoms with E-state index in [1.807, 2.05) is 0 Å². The van der Waals surface area contributed by atoms with Crippen molar-refractivity contribution in [1.29, 1.82) is 0 Å². The Labute approximate surface area is 125 Å². The van der Waals surface area contributed by atoms with Crippen molar-refractivity contribution in [3.63, 3.8) is 0 Å². The second-order valence-corrected chi connectivity index (χ2v) is 4.98. The molecule has 0 spiro atoms. The number of hydrogen-bond donors (Lipinski definition) is 2. The molecule has 0 atom stereocenters. The van der Waals surface area contributed by atoms with Crippen LogP contribution in [0.2, 0.25) is 5.02 Å². The third-order valence-corrected chi connectivity index (χ3v) is 3.14. The zero-order valence-electron chi connectivity index (χ0n) is 10.5. The highest BCUT2D eigenvalue weighted by Crippen LogP contribution is 2.23. The first-order valence-corrected chi connectivity index (χ1v) is 6.53. The van der Waals surface area contributed by atoms with Crippen LogP contribution in [0.5, 0.6) is 0 Å². The Morgan fingerprint density at radius 1 is 1.10 bits per heavy atom. The van der Waals surface area contributed by atoms with E-state index >= 15 is 0 Å². The van der Waals surface area contributed by atoms with Crippen LogP contribution in [-0.2, 0) is 0 Å². The summed E-state index contributed by atoms with van der Waals surface area (Å²) in [5.41, 5.74) is 1.39. The summed E-state index contributed by atoms with van der Waals surface area (Å²) in [6.45, 7) is 1.67. The molecular weight excluding hydrogens is 302 g/mol. The average Bonchev–Trinajstić information content (AvgIpc) is 2.38. The predicted octanol–water partition coefficient (Wildman–Crippen LogP) is 4.74. The number of nitrogens with one attached hydrogen (secondary N) is 2. The Bertz CT molecular complexity index is 662. The molecule has 2 aromatic carbocycles. The van der Waals surface area contributed by atoms with Gasteiger partial charge in [-0.1, -0.05) is 17.7 Å². The summed E-state index contributed by atoms with van der Waals surface area (Å²) >= 11 is 11.0. The molecule has 0 unspecified atom stereocenters. The summed E-state index contributed by atoms with van der Waals surface area (Å²) < 4.78 is 26.5. The van der Waals surface area contributed by atoms with E-state index in [0.29, 0.717) is 22.0 Å². The number of aryl methyl sites for hydroxylation is 1. The smallest absolute Gasteiger partial charge is 0.175 e. The van der Waals surface area contributed by atoms with E-state index in [1.165, 1.54) is 24.3 Å². The number of benzene rings is 2. The molecule has 104 valence electrons. The van der Waals surface area contributed by atoms with Gasteiger partial charge in [0.15, 0.2) is 5.11 Å². The highest BCUT2D eigenvalue weighted by atomic mass is 35.5. The maximum Gasteiger partial charge on any atom is 0.175 e. The van der Waals surface area contributed by atoms with E-state index in [0.717, 1.165) is 0 Å². The van der Waals surface area contributed by atoms with E-state index in [4.69, 9.17) is 23.8 Å². The van der Waals surface area contributed by atoms with Crippen molar-refractivity contribution < 1.29 is 8.78 Å². The maximum absolute atomic E-state index is 13.4. The largest absolute Gasteiger partial charge is 0.332 e. The van der Waals surface area contributed by atoms with Crippen molar-refractivity contribution in [3.05, 3.63) is 58.6 Å². The summed E-state index contributed by atoms with van der Waals surface area (Å²) in [6, 6.07) is 8.56. The Morgan fingerprint density at radius 2 is 1.85 bits per heavy atom. The highest BCUT2D eigenvalue weighted by molar-refractivity contribution is 7.80. The summed E-state index contributed by atoms with van der Waals surface area (Å²) in [5.74, 6) is -0.761. The van der Waals surface area contributed by atoms with Crippen LogP contribution in [0.4, 0.5) is 20.2 Å². The summed E-state index contributed by atoms with van der Waals surface area (Å²) in [5, 5.41) is 6.10. The van der Waals surface area contributed by atoms with Crippen LogP contribution < -0.4 is 10.6 Å². The van der Waals surface area contributed by atoms with E-state index < -0.39 is 5.82 Å². The predicted molar refractivity (Wildman–Crippen MR) is 82.4 cm³/mol. The van der Waals surface area contributed by atoms with Crippen LogP contribution in [0.15, 0.2) is 36.4 Å². The molecule has 0 aliphatic rings. The lowest BCUT2D eigenvalue weighted by Gasteiger charge is -2.12. The van der Waals surface area contributed by atoms with E-state index in [2.05, 4.69) is 10.6 Å². The molecule has 0 heterocycles. The lowest BCUT2D eigenvalue weighted by molar-refractivity contribution is 0.619. The fourth-order valence-corrected chi connectivity index (χ4v) is 1.94. The van der Waals surface area contributed by atoms with Gasteiger partial charge >= 0.3 is 0 Å². The lowest BCUT2D eigenvalue weighted by Crippen LogP contribution is -2.19. The molecular formula is C14H11ClF2N2S. The minimum Gasteiger partial charge on any atom is -0.332 e. The first kappa shape index (κ1) is 14.7. The first-order chi connectivity index (χ1) is 9.45. The molecule has 0 saturated carbocycles. The molecule has 0 aliphatic carbocycles. The Hall–Kier alpha value is -1.72. The third kappa shape index (κ3) is 3.65. The molecule has 0 amide bonds. The van der Waals surface area contributed by atoms with E-state index in [9.17, 15) is 8.78 Å². The van der Waals surface area contributed by atoms with E-state index in [1.54, 1.807) is 19.1 Å². The normalized spacial score (nSPS) is 10.2. The van der Waals surface area contributed by atoms with Gasteiger partial charge in [0.2, 0.25) is 0 Å². The molecule has 6 heteroatoms. The van der Waals surface area contributed by atoms with Gasteiger partial charge in [-0.15, -0.1) is 0 Å². The van der Waals surface area contributed by atoms with Crippen molar-refractivity contribution in [2.45, 2.75) is 6.92 Å². The van der Waals surface area contributed by atoms with Gasteiger partial charge in [0.05, 0.1) is 10.7 Å². The summed E-state index contributed by atoms with van der Waals surface area (Å²) in [7, 11) is 0. The monoisotopic (exact) mass is 312 g/mol. The van der Waals surface area contributed by atoms with Gasteiger partial charge in [-0.2, -0.15) is 0 Å². The molecule has 0 radical (unpaired) electrons. The van der Waals surface area contributed by atoms with Crippen LogP contribution in [0, 0.1) is 18.6 Å². The second-order valence-electron chi connectivity index (χ2n) is 4.17. The van der Waals surface area contributed by atoms with Gasteiger partial charge in [0.1, 0.15) is 11.6 Å². The molecule has 0 fully saturated rings. The molecule has 0 aromatic heterocycles. The molecule has 0 aliphatic heterocycles. The topological polar surface area (TPSA) is 24.1 Å². The summed E-state index contributed by atoms with van der Waals surface area (Å²) in [4.78, 5) is 0. The SMILES string of the molecule is Cc1ccc(NC(=S)Nc2cc(F)ccc2Cl)cc1F. The number of anilines is 2. The standard InChI is InChI=1S/C14H11ClF2N2S/c1-8-2-4-10(7-12(8)17)18-14(20)19-13-6-9(16)3-5-11(13)15/h2-7H,1H3,(H2,18,19,20). The van der Waals surface area contributed by atoms with Gasteiger partial charge in [-0.25, -0.2) is 8.78 Å². The van der Waals surface area contributed by atoms with Crippen LogP contribution in [0.25, 0.3) is 0 Å². The van der Waals surface area contributed by atoms with Crippen molar-refractivity contribution >= 4 is 40.3 Å². The minimum atomic E-state index is -0.430. The number of thiocarbonyl (C=S) groups is 1. The second kappa shape index (κ2) is 6.15. The molecule has 2 N–H and O–H groups in total.